The number of hydrazine groups is 1. The molecule has 1 heterocycles. The summed E-state index contributed by atoms with van der Waals surface area (Å²) in [6, 6.07) is 9.69. The van der Waals surface area contributed by atoms with Gasteiger partial charge in [-0.3, -0.25) is 4.79 Å². The Hall–Kier alpha value is -2.12. The number of benzene rings is 1. The van der Waals surface area contributed by atoms with E-state index in [0.717, 1.165) is 5.56 Å². The topological polar surface area (TPSA) is 88.1 Å². The fourth-order valence-corrected chi connectivity index (χ4v) is 2.86. The number of carbonyl (C=O) groups is 2. The van der Waals surface area contributed by atoms with Crippen molar-refractivity contribution in [3.05, 3.63) is 35.9 Å². The lowest BCUT2D eigenvalue weighted by Crippen LogP contribution is -2.50. The van der Waals surface area contributed by atoms with Crippen LogP contribution in [0.4, 0.5) is 4.79 Å². The monoisotopic (exact) mass is 350 g/mol. The van der Waals surface area contributed by atoms with Crippen LogP contribution in [0.1, 0.15) is 31.2 Å². The second-order valence-corrected chi connectivity index (χ2v) is 6.10. The minimum atomic E-state index is -0.409. The summed E-state index contributed by atoms with van der Waals surface area (Å²) in [4.78, 5) is 23.5. The first-order chi connectivity index (χ1) is 12.1. The molecule has 0 unspecified atom stereocenters. The molecular formula is C18H26N2O5. The summed E-state index contributed by atoms with van der Waals surface area (Å²) in [5.74, 6) is -0.291. The maximum absolute atomic E-state index is 12.1. The Morgan fingerprint density at radius 2 is 2.16 bits per heavy atom. The van der Waals surface area contributed by atoms with Gasteiger partial charge in [-0.15, -0.1) is 0 Å². The summed E-state index contributed by atoms with van der Waals surface area (Å²) in [7, 11) is 1.35. The van der Waals surface area contributed by atoms with E-state index < -0.39 is 6.09 Å². The molecule has 0 bridgehead atoms. The number of hydrogen-bond donors (Lipinski definition) is 2. The number of aliphatic hydroxyl groups is 1. The van der Waals surface area contributed by atoms with E-state index in [1.807, 2.05) is 30.3 Å². The van der Waals surface area contributed by atoms with Gasteiger partial charge >= 0.3 is 12.1 Å². The van der Waals surface area contributed by atoms with Gasteiger partial charge in [0.15, 0.2) is 0 Å². The molecule has 7 heteroatoms. The van der Waals surface area contributed by atoms with Crippen LogP contribution in [-0.2, 0) is 20.7 Å². The smallest absolute Gasteiger partial charge is 0.424 e. The van der Waals surface area contributed by atoms with E-state index in [2.05, 4.69) is 10.2 Å². The zero-order chi connectivity index (χ0) is 18.1. The molecule has 1 aliphatic rings. The predicted molar refractivity (Wildman–Crippen MR) is 91.6 cm³/mol. The molecule has 2 N–H and O–H groups in total. The van der Waals surface area contributed by atoms with Gasteiger partial charge in [0.2, 0.25) is 0 Å². The summed E-state index contributed by atoms with van der Waals surface area (Å²) in [6.45, 7) is 0.388. The molecule has 1 aromatic carbocycles. The van der Waals surface area contributed by atoms with Gasteiger partial charge in [-0.05, 0) is 31.2 Å². The highest BCUT2D eigenvalue weighted by atomic mass is 16.6. The van der Waals surface area contributed by atoms with Gasteiger partial charge < -0.3 is 14.6 Å². The fraction of sp³-hybridized carbons (Fsp3) is 0.556. The van der Waals surface area contributed by atoms with Crippen LogP contribution < -0.4 is 5.43 Å². The second-order valence-electron chi connectivity index (χ2n) is 6.10. The number of aliphatic hydroxyl groups excluding tert-OH is 1. The number of carbonyl (C=O) groups excluding carboxylic acids is 2. The average molecular weight is 350 g/mol. The van der Waals surface area contributed by atoms with Crippen LogP contribution >= 0.6 is 0 Å². The van der Waals surface area contributed by atoms with Crippen LogP contribution in [0.25, 0.3) is 0 Å². The van der Waals surface area contributed by atoms with Crippen molar-refractivity contribution in [2.75, 3.05) is 20.3 Å². The van der Waals surface area contributed by atoms with Crippen molar-refractivity contribution in [2.45, 2.75) is 44.2 Å². The Bertz CT molecular complexity index is 552. The molecule has 0 spiro atoms. The number of methoxy groups -OCH3 is 1. The van der Waals surface area contributed by atoms with Crippen LogP contribution in [0.15, 0.2) is 30.3 Å². The number of ether oxygens (including phenoxy) is 2. The maximum atomic E-state index is 12.1. The first-order valence-electron chi connectivity index (χ1n) is 8.57. The quantitative estimate of drug-likeness (QED) is 0.624. The fourth-order valence-electron chi connectivity index (χ4n) is 2.86. The molecule has 0 aromatic heterocycles. The second kappa shape index (κ2) is 10.0. The molecule has 1 amide bonds. The van der Waals surface area contributed by atoms with Crippen LogP contribution in [0.2, 0.25) is 0 Å². The minimum Gasteiger partial charge on any atom is -0.469 e. The molecule has 1 aromatic rings. The zero-order valence-corrected chi connectivity index (χ0v) is 14.5. The third kappa shape index (κ3) is 6.03. The number of rotatable bonds is 10. The van der Waals surface area contributed by atoms with Gasteiger partial charge in [-0.25, -0.2) is 15.2 Å². The number of amides is 1. The molecule has 2 atom stereocenters. The lowest BCUT2D eigenvalue weighted by Gasteiger charge is -2.28. The molecule has 0 saturated carbocycles. The molecule has 1 aliphatic heterocycles. The molecule has 0 aliphatic carbocycles. The van der Waals surface area contributed by atoms with E-state index in [1.54, 1.807) is 0 Å². The Morgan fingerprint density at radius 1 is 1.40 bits per heavy atom. The van der Waals surface area contributed by atoms with Crippen molar-refractivity contribution >= 4 is 12.1 Å². The summed E-state index contributed by atoms with van der Waals surface area (Å²) in [5.41, 5.74) is 4.31. The Kier molecular flexibility index (Phi) is 7.69. The SMILES string of the molecule is COC(=O)CC[C@H](CCCO)NN1C(=O)OC[C@@H]1Cc1ccccc1. The normalized spacial score (nSPS) is 18.1. The lowest BCUT2D eigenvalue weighted by molar-refractivity contribution is -0.140. The van der Waals surface area contributed by atoms with Crippen LogP contribution in [-0.4, -0.2) is 54.6 Å². The van der Waals surface area contributed by atoms with E-state index >= 15 is 0 Å². The third-order valence-electron chi connectivity index (χ3n) is 4.23. The van der Waals surface area contributed by atoms with E-state index in [9.17, 15) is 9.59 Å². The van der Waals surface area contributed by atoms with Crippen molar-refractivity contribution in [1.82, 2.24) is 10.4 Å². The van der Waals surface area contributed by atoms with Crippen molar-refractivity contribution < 1.29 is 24.2 Å². The number of nitrogens with one attached hydrogen (secondary N) is 1. The summed E-state index contributed by atoms with van der Waals surface area (Å²) < 4.78 is 9.86. The third-order valence-corrected chi connectivity index (χ3v) is 4.23. The average Bonchev–Trinajstić information content (AvgIpc) is 2.97. The van der Waals surface area contributed by atoms with Crippen LogP contribution in [0.5, 0.6) is 0 Å². The maximum Gasteiger partial charge on any atom is 0.424 e. The summed E-state index contributed by atoms with van der Waals surface area (Å²) >= 11 is 0. The number of esters is 1. The van der Waals surface area contributed by atoms with Crippen LogP contribution in [0.3, 0.4) is 0 Å². The summed E-state index contributed by atoms with van der Waals surface area (Å²) in [5, 5.41) is 10.6. The zero-order valence-electron chi connectivity index (χ0n) is 14.5. The Labute approximate surface area is 147 Å². The van der Waals surface area contributed by atoms with E-state index in [-0.39, 0.29) is 31.1 Å². The first kappa shape index (κ1) is 19.2. The largest absolute Gasteiger partial charge is 0.469 e. The van der Waals surface area contributed by atoms with Gasteiger partial charge in [0.25, 0.3) is 0 Å². The molecule has 25 heavy (non-hydrogen) atoms. The molecule has 0 radical (unpaired) electrons. The highest BCUT2D eigenvalue weighted by Gasteiger charge is 2.34. The van der Waals surface area contributed by atoms with Crippen LogP contribution in [0, 0.1) is 0 Å². The number of cyclic esters (lactones) is 1. The molecule has 7 nitrogen and oxygen atoms in total. The molecule has 1 saturated heterocycles. The molecular weight excluding hydrogens is 324 g/mol. The lowest BCUT2D eigenvalue weighted by atomic mass is 10.1. The van der Waals surface area contributed by atoms with Gasteiger partial charge in [0.1, 0.15) is 6.61 Å². The van der Waals surface area contributed by atoms with Gasteiger partial charge in [0, 0.05) is 19.1 Å². The standard InChI is InChI=1S/C18H26N2O5/c1-24-17(22)10-9-15(8-5-11-21)19-20-16(13-25-18(20)23)12-14-6-3-2-4-7-14/h2-4,6-7,15-16,19,21H,5,8-13H2,1H3/t15-,16-/m0/s1. The number of nitrogens with zero attached hydrogens (tertiary/aromatic N) is 1. The van der Waals surface area contributed by atoms with E-state index in [0.29, 0.717) is 32.3 Å². The minimum absolute atomic E-state index is 0.0638. The first-order valence-corrected chi connectivity index (χ1v) is 8.57. The molecule has 2 rings (SSSR count). The Morgan fingerprint density at radius 3 is 2.84 bits per heavy atom. The van der Waals surface area contributed by atoms with Gasteiger partial charge in [0.05, 0.1) is 13.2 Å². The van der Waals surface area contributed by atoms with Crippen molar-refractivity contribution in [3.8, 4) is 0 Å². The van der Waals surface area contributed by atoms with Gasteiger partial charge in [-0.2, -0.15) is 0 Å². The highest BCUT2D eigenvalue weighted by Crippen LogP contribution is 2.17. The molecule has 1 fully saturated rings. The van der Waals surface area contributed by atoms with Crippen molar-refractivity contribution in [2.24, 2.45) is 0 Å². The van der Waals surface area contributed by atoms with Crippen molar-refractivity contribution in [3.63, 3.8) is 0 Å². The number of hydrogen-bond acceptors (Lipinski definition) is 6. The predicted octanol–water partition coefficient (Wildman–Crippen LogP) is 1.65. The van der Waals surface area contributed by atoms with E-state index in [4.69, 9.17) is 9.84 Å². The van der Waals surface area contributed by atoms with Gasteiger partial charge in [-0.1, -0.05) is 30.3 Å². The Balaban J connectivity index is 1.97. The highest BCUT2D eigenvalue weighted by molar-refractivity contribution is 5.70. The molecule has 138 valence electrons. The van der Waals surface area contributed by atoms with Crippen molar-refractivity contribution in [1.29, 1.82) is 0 Å². The summed E-state index contributed by atoms with van der Waals surface area (Å²) in [6.07, 6.45) is 2.29. The van der Waals surface area contributed by atoms with E-state index in [1.165, 1.54) is 12.1 Å².